The normalized spacial score (nSPS) is 21.7. The molecule has 0 atom stereocenters. The molecule has 6 aromatic rings. The molecule has 2 aromatic carbocycles. The average molecular weight is 923 g/mol. The number of rotatable bonds is 16. The molecule has 12 heteroatoms. The van der Waals surface area contributed by atoms with Crippen LogP contribution in [0.1, 0.15) is 158 Å². The minimum atomic E-state index is -0.161. The first kappa shape index (κ1) is 48.2. The number of aromatic nitrogens is 6. The van der Waals surface area contributed by atoms with E-state index in [0.29, 0.717) is 23.9 Å². The van der Waals surface area contributed by atoms with E-state index in [0.717, 1.165) is 131 Å². The molecule has 0 radical (unpaired) electrons. The van der Waals surface area contributed by atoms with Gasteiger partial charge in [-0.3, -0.25) is 9.80 Å². The van der Waals surface area contributed by atoms with E-state index in [-0.39, 0.29) is 12.2 Å². The summed E-state index contributed by atoms with van der Waals surface area (Å²) in [5.41, 5.74) is 10.7. The third kappa shape index (κ3) is 12.1. The molecule has 68 heavy (non-hydrogen) atoms. The van der Waals surface area contributed by atoms with Crippen molar-refractivity contribution in [3.05, 3.63) is 90.0 Å². The molecule has 0 bridgehead atoms. The molecule has 4 N–H and O–H groups in total. The Morgan fingerprint density at radius 1 is 0.603 bits per heavy atom. The van der Waals surface area contributed by atoms with Crippen LogP contribution in [0.25, 0.3) is 38.9 Å². The van der Waals surface area contributed by atoms with E-state index in [2.05, 4.69) is 114 Å². The molecule has 364 valence electrons. The van der Waals surface area contributed by atoms with Gasteiger partial charge in [-0.25, -0.2) is 15.0 Å². The van der Waals surface area contributed by atoms with E-state index < -0.39 is 0 Å². The van der Waals surface area contributed by atoms with Crippen LogP contribution in [0.5, 0.6) is 0 Å². The molecule has 0 unspecified atom stereocenters. The lowest BCUT2D eigenvalue weighted by molar-refractivity contribution is 0.111. The van der Waals surface area contributed by atoms with Crippen LogP contribution in [-0.4, -0.2) is 101 Å². The van der Waals surface area contributed by atoms with Crippen LogP contribution in [0.15, 0.2) is 73.3 Å². The predicted octanol–water partition coefficient (Wildman–Crippen LogP) is 11.4. The number of anilines is 2. The molecule has 12 nitrogen and oxygen atoms in total. The second-order valence-corrected chi connectivity index (χ2v) is 20.3. The highest BCUT2D eigenvalue weighted by molar-refractivity contribution is 5.94. The molecule has 10 rings (SSSR count). The summed E-state index contributed by atoms with van der Waals surface area (Å²) >= 11 is 0. The maximum absolute atomic E-state index is 10.0. The van der Waals surface area contributed by atoms with Crippen LogP contribution >= 0.6 is 0 Å². The summed E-state index contributed by atoms with van der Waals surface area (Å²) in [6.07, 6.45) is 28.2. The third-order valence-electron chi connectivity index (χ3n) is 15.2. The van der Waals surface area contributed by atoms with Crippen molar-refractivity contribution in [3.8, 4) is 16.8 Å². The lowest BCUT2D eigenvalue weighted by Crippen LogP contribution is -2.29. The third-order valence-corrected chi connectivity index (χ3v) is 15.2. The van der Waals surface area contributed by atoms with E-state index in [1.165, 1.54) is 92.5 Å². The largest absolute Gasteiger partial charge is 0.393 e. The first-order valence-electron chi connectivity index (χ1n) is 26.6. The maximum atomic E-state index is 10.0. The minimum absolute atomic E-state index is 0.155. The quantitative estimate of drug-likeness (QED) is 0.0696. The fraction of sp³-hybridized carbons (Fsp3) is 0.571. The molecule has 2 aliphatic carbocycles. The van der Waals surface area contributed by atoms with Crippen molar-refractivity contribution in [2.75, 3.05) is 49.9 Å². The van der Waals surface area contributed by atoms with Gasteiger partial charge < -0.3 is 30.0 Å². The Labute approximate surface area is 405 Å². The maximum Gasteiger partial charge on any atom is 0.224 e. The SMILES string of the molecule is CCCCNc1ncc2c(-c3ccc(CN4CCCCC4)cc3)cn(C3CCC(O)CC3)c2n1.CCCCNc1ncc2c(n1)c(C1CCC(O)CC1)cn2-c1ccc(CN2CCCCC2)cc1. The van der Waals surface area contributed by atoms with Crippen molar-refractivity contribution in [2.45, 2.75) is 167 Å². The van der Waals surface area contributed by atoms with E-state index in [1.807, 2.05) is 12.4 Å². The summed E-state index contributed by atoms with van der Waals surface area (Å²) in [6.45, 7) is 13.1. The molecular weight excluding hydrogens is 845 g/mol. The number of fused-ring (bicyclic) bond motifs is 2. The fourth-order valence-electron chi connectivity index (χ4n) is 11.0. The second-order valence-electron chi connectivity index (χ2n) is 20.3. The molecular formula is C56H78N10O2. The number of nitrogens with one attached hydrogen (secondary N) is 2. The van der Waals surface area contributed by atoms with Crippen molar-refractivity contribution >= 4 is 34.0 Å². The number of nitrogens with zero attached hydrogens (tertiary/aromatic N) is 8. The Balaban J connectivity index is 0.000000170. The Morgan fingerprint density at radius 2 is 1.15 bits per heavy atom. The topological polar surface area (TPSA) is 132 Å². The smallest absolute Gasteiger partial charge is 0.224 e. The molecule has 2 saturated carbocycles. The van der Waals surface area contributed by atoms with Gasteiger partial charge in [-0.15, -0.1) is 0 Å². The highest BCUT2D eigenvalue weighted by Crippen LogP contribution is 2.39. The Bertz CT molecular complexity index is 2300. The van der Waals surface area contributed by atoms with Crippen LogP contribution in [0.2, 0.25) is 0 Å². The number of aliphatic hydroxyl groups excluding tert-OH is 2. The number of unbranched alkanes of at least 4 members (excludes halogenated alkanes) is 2. The van der Waals surface area contributed by atoms with Crippen molar-refractivity contribution in [1.29, 1.82) is 0 Å². The van der Waals surface area contributed by atoms with Gasteiger partial charge in [0.2, 0.25) is 11.9 Å². The van der Waals surface area contributed by atoms with Gasteiger partial charge in [0, 0.05) is 67.4 Å². The van der Waals surface area contributed by atoms with Crippen LogP contribution < -0.4 is 10.6 Å². The van der Waals surface area contributed by atoms with Crippen molar-refractivity contribution in [1.82, 2.24) is 38.9 Å². The molecule has 0 spiro atoms. The molecule has 4 aromatic heterocycles. The van der Waals surface area contributed by atoms with E-state index in [9.17, 15) is 10.2 Å². The highest BCUT2D eigenvalue weighted by atomic mass is 16.3. The molecule has 4 fully saturated rings. The molecule has 2 aliphatic heterocycles. The van der Waals surface area contributed by atoms with Gasteiger partial charge in [-0.05, 0) is 156 Å². The summed E-state index contributed by atoms with van der Waals surface area (Å²) < 4.78 is 4.61. The molecule has 4 aliphatic rings. The summed E-state index contributed by atoms with van der Waals surface area (Å²) in [6, 6.07) is 18.5. The van der Waals surface area contributed by atoms with E-state index >= 15 is 0 Å². The summed E-state index contributed by atoms with van der Waals surface area (Å²) in [5.74, 6) is 1.86. The minimum Gasteiger partial charge on any atom is -0.393 e. The van der Waals surface area contributed by atoms with Crippen molar-refractivity contribution in [3.63, 3.8) is 0 Å². The fourth-order valence-corrected chi connectivity index (χ4v) is 11.0. The van der Waals surface area contributed by atoms with Crippen LogP contribution in [0, 0.1) is 0 Å². The van der Waals surface area contributed by atoms with Gasteiger partial charge in [0.05, 0.1) is 29.4 Å². The number of hydrogen-bond acceptors (Lipinski definition) is 10. The average Bonchev–Trinajstić information content (AvgIpc) is 3.95. The zero-order valence-electron chi connectivity index (χ0n) is 41.1. The highest BCUT2D eigenvalue weighted by Gasteiger charge is 2.27. The Kier molecular flexibility index (Phi) is 16.7. The number of piperidine rings is 2. The Morgan fingerprint density at radius 3 is 1.74 bits per heavy atom. The van der Waals surface area contributed by atoms with E-state index in [1.54, 1.807) is 0 Å². The zero-order chi connectivity index (χ0) is 46.7. The van der Waals surface area contributed by atoms with Crippen molar-refractivity contribution in [2.24, 2.45) is 0 Å². The number of likely N-dealkylation sites (tertiary alicyclic amines) is 2. The van der Waals surface area contributed by atoms with Gasteiger partial charge in [-0.1, -0.05) is 75.9 Å². The number of benzene rings is 2. The summed E-state index contributed by atoms with van der Waals surface area (Å²) in [7, 11) is 0. The van der Waals surface area contributed by atoms with Gasteiger partial charge in [0.25, 0.3) is 0 Å². The molecule has 6 heterocycles. The van der Waals surface area contributed by atoms with Gasteiger partial charge in [0.15, 0.2) is 0 Å². The molecule has 0 amide bonds. The monoisotopic (exact) mass is 923 g/mol. The van der Waals surface area contributed by atoms with Crippen molar-refractivity contribution < 1.29 is 10.2 Å². The summed E-state index contributed by atoms with van der Waals surface area (Å²) in [5, 5.41) is 28.0. The standard InChI is InChI=1S/2C28H39N5O/c1-2-3-15-29-28-30-18-26-27(31-28)25(22-9-13-24(34)14-10-22)20-33(26)23-11-7-21(8-12-23)19-32-16-5-4-6-17-32;1-2-3-15-29-28-30-18-25-26(20-33(27(25)31-28)23-11-13-24(34)14-12-23)22-9-7-21(8-10-22)19-32-16-5-4-6-17-32/h7-8,11-12,18,20,22,24,34H,2-6,9-10,13-17,19H2,1H3,(H,29,30,31);7-10,18,20,23-24,34H,2-6,11-17,19H2,1H3,(H,29,30,31). The van der Waals surface area contributed by atoms with Gasteiger partial charge >= 0.3 is 0 Å². The van der Waals surface area contributed by atoms with Crippen LogP contribution in [0.3, 0.4) is 0 Å². The molecule has 2 saturated heterocycles. The Hall–Kier alpha value is -4.88. The first-order chi connectivity index (χ1) is 33.4. The van der Waals surface area contributed by atoms with E-state index in [4.69, 9.17) is 9.97 Å². The van der Waals surface area contributed by atoms with Gasteiger partial charge in [-0.2, -0.15) is 4.98 Å². The lowest BCUT2D eigenvalue weighted by atomic mass is 9.83. The lowest BCUT2D eigenvalue weighted by Gasteiger charge is -2.27. The van der Waals surface area contributed by atoms with Crippen LogP contribution in [-0.2, 0) is 13.1 Å². The van der Waals surface area contributed by atoms with Crippen LogP contribution in [0.4, 0.5) is 11.9 Å². The first-order valence-corrected chi connectivity index (χ1v) is 26.6. The summed E-state index contributed by atoms with van der Waals surface area (Å²) in [4.78, 5) is 24.4. The number of hydrogen-bond donors (Lipinski definition) is 4. The zero-order valence-corrected chi connectivity index (χ0v) is 41.1. The predicted molar refractivity (Wildman–Crippen MR) is 278 cm³/mol. The number of aliphatic hydroxyl groups is 2. The van der Waals surface area contributed by atoms with Gasteiger partial charge in [0.1, 0.15) is 5.65 Å². The second kappa shape index (κ2) is 23.6.